The Hall–Kier alpha value is -2.68. The van der Waals surface area contributed by atoms with E-state index in [1.165, 1.54) is 4.90 Å². The highest BCUT2D eigenvalue weighted by Crippen LogP contribution is 2.34. The lowest BCUT2D eigenvalue weighted by atomic mass is 9.81. The lowest BCUT2D eigenvalue weighted by Crippen LogP contribution is -2.43. The minimum atomic E-state index is -0.552. The zero-order valence-electron chi connectivity index (χ0n) is 21.0. The maximum Gasteiger partial charge on any atom is 0.407 e. The molecule has 2 aliphatic rings. The van der Waals surface area contributed by atoms with Crippen molar-refractivity contribution in [2.75, 3.05) is 32.9 Å². The number of alkyl carbamates (subject to hydrolysis) is 1. The van der Waals surface area contributed by atoms with E-state index in [-0.39, 0.29) is 31.1 Å². The van der Waals surface area contributed by atoms with Gasteiger partial charge in [-0.15, -0.1) is 0 Å². The molecule has 1 unspecified atom stereocenters. The van der Waals surface area contributed by atoms with Crippen molar-refractivity contribution in [2.24, 2.45) is 5.92 Å². The number of carbonyl (C=O) groups is 3. The summed E-state index contributed by atoms with van der Waals surface area (Å²) in [6.45, 7) is 6.85. The molecule has 0 spiro atoms. The van der Waals surface area contributed by atoms with Gasteiger partial charge in [0.25, 0.3) is 11.8 Å². The van der Waals surface area contributed by atoms with Crippen LogP contribution in [-0.2, 0) is 14.2 Å². The third-order valence-corrected chi connectivity index (χ3v) is 6.81. The number of hydrogen-bond donors (Lipinski definition) is 1. The van der Waals surface area contributed by atoms with Gasteiger partial charge in [-0.05, 0) is 57.7 Å². The van der Waals surface area contributed by atoms with Gasteiger partial charge in [-0.1, -0.05) is 30.2 Å². The minimum Gasteiger partial charge on any atom is -0.444 e. The lowest BCUT2D eigenvalue weighted by molar-refractivity contribution is -0.0400. The van der Waals surface area contributed by atoms with Crippen LogP contribution < -0.4 is 5.32 Å². The average molecular weight is 517 g/mol. The second-order valence-electron chi connectivity index (χ2n) is 10.2. The van der Waals surface area contributed by atoms with Crippen molar-refractivity contribution >= 4 is 40.3 Å². The molecule has 0 bridgehead atoms. The predicted octanol–water partition coefficient (Wildman–Crippen LogP) is 4.82. The van der Waals surface area contributed by atoms with E-state index in [0.29, 0.717) is 52.6 Å². The zero-order valence-corrected chi connectivity index (χ0v) is 21.7. The van der Waals surface area contributed by atoms with Gasteiger partial charge in [0.1, 0.15) is 5.60 Å². The first-order chi connectivity index (χ1) is 17.2. The summed E-state index contributed by atoms with van der Waals surface area (Å²) in [6, 6.07) is 8.63. The van der Waals surface area contributed by atoms with Crippen molar-refractivity contribution < 1.29 is 28.6 Å². The van der Waals surface area contributed by atoms with Crippen molar-refractivity contribution in [1.29, 1.82) is 0 Å². The maximum atomic E-state index is 13.0. The van der Waals surface area contributed by atoms with Gasteiger partial charge in [0.05, 0.1) is 32.5 Å². The summed E-state index contributed by atoms with van der Waals surface area (Å²) in [5, 5.41) is 4.61. The van der Waals surface area contributed by atoms with Crippen LogP contribution in [0.3, 0.4) is 0 Å². The van der Waals surface area contributed by atoms with Gasteiger partial charge >= 0.3 is 6.09 Å². The first-order valence-corrected chi connectivity index (χ1v) is 12.8. The largest absolute Gasteiger partial charge is 0.444 e. The molecule has 4 rings (SSSR count). The first kappa shape index (κ1) is 26.4. The van der Waals surface area contributed by atoms with Crippen LogP contribution in [0, 0.1) is 5.92 Å². The van der Waals surface area contributed by atoms with Gasteiger partial charge in [-0.25, -0.2) is 4.79 Å². The number of ether oxygens (including phenoxy) is 3. The van der Waals surface area contributed by atoms with Crippen molar-refractivity contribution in [1.82, 2.24) is 10.2 Å². The van der Waals surface area contributed by atoms with Gasteiger partial charge in [0.15, 0.2) is 0 Å². The van der Waals surface area contributed by atoms with Crippen LogP contribution in [-0.4, -0.2) is 67.4 Å². The molecular formula is C27H33ClN2O6. The Bertz CT molecular complexity index is 1120. The number of nitrogens with one attached hydrogen (secondary N) is 1. The third-order valence-electron chi connectivity index (χ3n) is 6.48. The Morgan fingerprint density at radius 1 is 1.08 bits per heavy atom. The Morgan fingerprint density at radius 2 is 1.81 bits per heavy atom. The molecule has 0 aromatic heterocycles. The van der Waals surface area contributed by atoms with Gasteiger partial charge in [0, 0.05) is 33.5 Å². The van der Waals surface area contributed by atoms with Gasteiger partial charge in [-0.3, -0.25) is 14.5 Å². The normalized spacial score (nSPS) is 16.7. The number of imide groups is 1. The second-order valence-corrected chi connectivity index (χ2v) is 10.6. The molecular weight excluding hydrogens is 484 g/mol. The Balaban J connectivity index is 1.24. The van der Waals surface area contributed by atoms with Crippen molar-refractivity contribution in [3.05, 3.63) is 46.5 Å². The number of carbonyl (C=O) groups excluding carboxylic acids is 3. The molecule has 1 aliphatic heterocycles. The molecule has 9 heteroatoms. The SMILES string of the molecule is CC(C)(C)OC(=O)NCC(OCCOCCN1C(=O)c2cccc3c(Cl)ccc(c23)C1=O)C1CCC1. The van der Waals surface area contributed by atoms with Crippen molar-refractivity contribution in [3.63, 3.8) is 0 Å². The molecule has 194 valence electrons. The number of amides is 3. The van der Waals surface area contributed by atoms with E-state index in [1.54, 1.807) is 24.3 Å². The average Bonchev–Trinajstić information content (AvgIpc) is 2.78. The predicted molar refractivity (Wildman–Crippen MR) is 136 cm³/mol. The Morgan fingerprint density at radius 3 is 2.47 bits per heavy atom. The number of hydrogen-bond acceptors (Lipinski definition) is 6. The summed E-state index contributed by atoms with van der Waals surface area (Å²) in [4.78, 5) is 39.2. The molecule has 1 saturated carbocycles. The van der Waals surface area contributed by atoms with Gasteiger partial charge < -0.3 is 19.5 Å². The lowest BCUT2D eigenvalue weighted by Gasteiger charge is -2.34. The van der Waals surface area contributed by atoms with E-state index in [1.807, 2.05) is 26.8 Å². The number of benzene rings is 2. The molecule has 3 amide bonds. The fraction of sp³-hybridized carbons (Fsp3) is 0.519. The molecule has 2 aromatic rings. The summed E-state index contributed by atoms with van der Waals surface area (Å²) < 4.78 is 17.0. The summed E-state index contributed by atoms with van der Waals surface area (Å²) in [5.41, 5.74) is 0.381. The quantitative estimate of drug-likeness (QED) is 0.359. The second kappa shape index (κ2) is 11.2. The molecule has 0 saturated heterocycles. The highest BCUT2D eigenvalue weighted by molar-refractivity contribution is 6.38. The maximum absolute atomic E-state index is 13.0. The highest BCUT2D eigenvalue weighted by atomic mass is 35.5. The zero-order chi connectivity index (χ0) is 25.9. The molecule has 2 aromatic carbocycles. The summed E-state index contributed by atoms with van der Waals surface area (Å²) in [7, 11) is 0. The highest BCUT2D eigenvalue weighted by Gasteiger charge is 2.33. The molecule has 1 heterocycles. The summed E-state index contributed by atoms with van der Waals surface area (Å²) in [6.07, 6.45) is 2.74. The van der Waals surface area contributed by atoms with E-state index in [0.717, 1.165) is 19.3 Å². The van der Waals surface area contributed by atoms with Crippen LogP contribution in [0.15, 0.2) is 30.3 Å². The van der Waals surface area contributed by atoms with E-state index in [2.05, 4.69) is 5.32 Å². The van der Waals surface area contributed by atoms with Gasteiger partial charge in [0.2, 0.25) is 0 Å². The minimum absolute atomic E-state index is 0.107. The molecule has 36 heavy (non-hydrogen) atoms. The number of halogens is 1. The number of rotatable bonds is 10. The molecule has 8 nitrogen and oxygen atoms in total. The fourth-order valence-corrected chi connectivity index (χ4v) is 4.72. The van der Waals surface area contributed by atoms with Crippen LogP contribution in [0.1, 0.15) is 60.7 Å². The van der Waals surface area contributed by atoms with Gasteiger partial charge in [-0.2, -0.15) is 0 Å². The van der Waals surface area contributed by atoms with Crippen molar-refractivity contribution in [3.8, 4) is 0 Å². The Kier molecular flexibility index (Phi) is 8.17. The first-order valence-electron chi connectivity index (χ1n) is 12.4. The van der Waals surface area contributed by atoms with Crippen LogP contribution in [0.5, 0.6) is 0 Å². The standard InChI is InChI=1S/C27H33ClN2O6/c1-27(2,3)36-26(33)29-16-22(17-6-4-7-17)35-15-14-34-13-12-30-24(31)19-9-5-8-18-21(28)11-10-20(23(18)19)25(30)32/h5,8-11,17,22H,4,6-7,12-16H2,1-3H3,(H,29,33). The summed E-state index contributed by atoms with van der Waals surface area (Å²) >= 11 is 6.27. The molecule has 0 radical (unpaired) electrons. The van der Waals surface area contributed by atoms with E-state index in [4.69, 9.17) is 25.8 Å². The van der Waals surface area contributed by atoms with Crippen LogP contribution in [0.25, 0.3) is 10.8 Å². The van der Waals surface area contributed by atoms with E-state index >= 15 is 0 Å². The topological polar surface area (TPSA) is 94.2 Å². The molecule has 1 N–H and O–H groups in total. The van der Waals surface area contributed by atoms with E-state index in [9.17, 15) is 14.4 Å². The number of nitrogens with zero attached hydrogens (tertiary/aromatic N) is 1. The van der Waals surface area contributed by atoms with Crippen LogP contribution in [0.2, 0.25) is 5.02 Å². The van der Waals surface area contributed by atoms with Crippen LogP contribution >= 0.6 is 11.6 Å². The third kappa shape index (κ3) is 5.99. The van der Waals surface area contributed by atoms with E-state index < -0.39 is 11.7 Å². The molecule has 1 atom stereocenters. The smallest absolute Gasteiger partial charge is 0.407 e. The summed E-state index contributed by atoms with van der Waals surface area (Å²) in [5.74, 6) is -0.295. The molecule has 1 aliphatic carbocycles. The monoisotopic (exact) mass is 516 g/mol. The van der Waals surface area contributed by atoms with Crippen molar-refractivity contribution in [2.45, 2.75) is 51.7 Å². The Labute approximate surface area is 216 Å². The molecule has 1 fully saturated rings. The fourth-order valence-electron chi connectivity index (χ4n) is 4.50. The van der Waals surface area contributed by atoms with Crippen LogP contribution in [0.4, 0.5) is 4.79 Å².